The van der Waals surface area contributed by atoms with Gasteiger partial charge in [-0.05, 0) is 67.1 Å². The molecular weight excluding hydrogens is 345 g/mol. The Morgan fingerprint density at radius 2 is 1.15 bits per heavy atom. The van der Waals surface area contributed by atoms with Gasteiger partial charge in [-0.2, -0.15) is 0 Å². The minimum Gasteiger partial charge on any atom is -0.204 e. The van der Waals surface area contributed by atoms with Crippen LogP contribution in [0.4, 0.5) is 13.2 Å². The second-order valence-electron chi connectivity index (χ2n) is 9.12. The fourth-order valence-electron chi connectivity index (χ4n) is 5.37. The summed E-state index contributed by atoms with van der Waals surface area (Å²) in [5, 5.41) is 0. The molecule has 0 radical (unpaired) electrons. The van der Waals surface area contributed by atoms with Gasteiger partial charge in [0.05, 0.1) is 0 Å². The quantitative estimate of drug-likeness (QED) is 0.419. The molecule has 0 nitrogen and oxygen atoms in total. The molecule has 0 aliphatic heterocycles. The molecule has 0 aromatic heterocycles. The normalized spacial score (nSPS) is 29.0. The van der Waals surface area contributed by atoms with Crippen molar-refractivity contribution in [2.24, 2.45) is 17.8 Å². The van der Waals surface area contributed by atoms with Crippen LogP contribution in [0.5, 0.6) is 0 Å². The van der Waals surface area contributed by atoms with Crippen LogP contribution in [0.2, 0.25) is 0 Å². The standard InChI is InChI=1S/C24H35F3/c1-2-3-4-17-5-7-18(8-6-17)9-10-19-11-13-20(14-12-19)21-15-22(25)24(27)23(26)16-21/h15-20H,2-14H2,1H3. The minimum atomic E-state index is -1.35. The Bertz CT molecular complexity index is 558. The molecule has 27 heavy (non-hydrogen) atoms. The molecule has 0 heterocycles. The van der Waals surface area contributed by atoms with Gasteiger partial charge in [-0.3, -0.25) is 0 Å². The molecule has 0 spiro atoms. The maximum atomic E-state index is 13.5. The average Bonchev–Trinajstić information content (AvgIpc) is 2.69. The monoisotopic (exact) mass is 380 g/mol. The van der Waals surface area contributed by atoms with Crippen LogP contribution in [0.1, 0.15) is 102 Å². The van der Waals surface area contributed by atoms with Crippen LogP contribution >= 0.6 is 0 Å². The van der Waals surface area contributed by atoms with Gasteiger partial charge >= 0.3 is 0 Å². The first-order chi connectivity index (χ1) is 13.1. The molecule has 0 bridgehead atoms. The van der Waals surface area contributed by atoms with Crippen molar-refractivity contribution in [3.05, 3.63) is 35.1 Å². The Kier molecular flexibility index (Phi) is 7.66. The van der Waals surface area contributed by atoms with E-state index in [4.69, 9.17) is 0 Å². The van der Waals surface area contributed by atoms with Crippen molar-refractivity contribution in [2.75, 3.05) is 0 Å². The van der Waals surface area contributed by atoms with Gasteiger partial charge in [0.25, 0.3) is 0 Å². The lowest BCUT2D eigenvalue weighted by molar-refractivity contribution is 0.222. The molecule has 2 aliphatic carbocycles. The molecule has 3 rings (SSSR count). The van der Waals surface area contributed by atoms with Crippen molar-refractivity contribution in [1.82, 2.24) is 0 Å². The van der Waals surface area contributed by atoms with Crippen molar-refractivity contribution >= 4 is 0 Å². The molecular formula is C24H35F3. The van der Waals surface area contributed by atoms with Crippen molar-refractivity contribution in [3.8, 4) is 0 Å². The number of halogens is 3. The lowest BCUT2D eigenvalue weighted by Crippen LogP contribution is -2.18. The Hall–Kier alpha value is -0.990. The molecule has 0 saturated heterocycles. The number of unbranched alkanes of at least 4 members (excludes halogenated alkanes) is 1. The zero-order valence-electron chi connectivity index (χ0n) is 16.8. The third-order valence-electron chi connectivity index (χ3n) is 7.24. The van der Waals surface area contributed by atoms with Crippen LogP contribution in [0.25, 0.3) is 0 Å². The van der Waals surface area contributed by atoms with E-state index in [0.717, 1.165) is 43.4 Å². The smallest absolute Gasteiger partial charge is 0.194 e. The predicted molar refractivity (Wildman–Crippen MR) is 105 cm³/mol. The molecule has 0 N–H and O–H groups in total. The molecule has 0 unspecified atom stereocenters. The highest BCUT2D eigenvalue weighted by Gasteiger charge is 2.26. The maximum Gasteiger partial charge on any atom is 0.194 e. The highest BCUT2D eigenvalue weighted by Crippen LogP contribution is 2.40. The summed E-state index contributed by atoms with van der Waals surface area (Å²) in [5.41, 5.74) is 0.634. The minimum absolute atomic E-state index is 0.180. The molecule has 0 atom stereocenters. The summed E-state index contributed by atoms with van der Waals surface area (Å²) >= 11 is 0. The third-order valence-corrected chi connectivity index (χ3v) is 7.24. The van der Waals surface area contributed by atoms with Crippen molar-refractivity contribution in [1.29, 1.82) is 0 Å². The lowest BCUT2D eigenvalue weighted by atomic mass is 9.74. The number of hydrogen-bond donors (Lipinski definition) is 0. The third kappa shape index (κ3) is 5.74. The van der Waals surface area contributed by atoms with Crippen LogP contribution in [0.15, 0.2) is 12.1 Å². The first-order valence-electron chi connectivity index (χ1n) is 11.2. The fraction of sp³-hybridized carbons (Fsp3) is 0.750. The highest BCUT2D eigenvalue weighted by atomic mass is 19.2. The van der Waals surface area contributed by atoms with Crippen LogP contribution in [-0.2, 0) is 0 Å². The number of benzene rings is 1. The van der Waals surface area contributed by atoms with E-state index in [1.165, 1.54) is 69.9 Å². The summed E-state index contributed by atoms with van der Waals surface area (Å²) in [6.07, 6.45) is 16.7. The second-order valence-corrected chi connectivity index (χ2v) is 9.12. The summed E-state index contributed by atoms with van der Waals surface area (Å²) in [6, 6.07) is 2.39. The zero-order valence-corrected chi connectivity index (χ0v) is 16.8. The molecule has 2 aliphatic rings. The van der Waals surface area contributed by atoms with Gasteiger partial charge < -0.3 is 0 Å². The topological polar surface area (TPSA) is 0 Å². The van der Waals surface area contributed by atoms with Crippen LogP contribution in [0, 0.1) is 35.2 Å². The van der Waals surface area contributed by atoms with Crippen molar-refractivity contribution in [2.45, 2.75) is 96.3 Å². The molecule has 3 heteroatoms. The summed E-state index contributed by atoms with van der Waals surface area (Å²) in [7, 11) is 0. The van der Waals surface area contributed by atoms with Gasteiger partial charge in [-0.25, -0.2) is 13.2 Å². The summed E-state index contributed by atoms with van der Waals surface area (Å²) < 4.78 is 40.1. The van der Waals surface area contributed by atoms with Gasteiger partial charge in [-0.15, -0.1) is 0 Å². The lowest BCUT2D eigenvalue weighted by Gasteiger charge is -2.32. The van der Waals surface area contributed by atoms with E-state index in [1.54, 1.807) is 0 Å². The van der Waals surface area contributed by atoms with E-state index in [0.29, 0.717) is 5.56 Å². The van der Waals surface area contributed by atoms with E-state index in [2.05, 4.69) is 6.92 Å². The van der Waals surface area contributed by atoms with E-state index < -0.39 is 17.5 Å². The SMILES string of the molecule is CCCCC1CCC(CCC2CCC(c3cc(F)c(F)c(F)c3)CC2)CC1. The number of hydrogen-bond acceptors (Lipinski definition) is 0. The second kappa shape index (κ2) is 9.98. The number of rotatable bonds is 7. The Morgan fingerprint density at radius 1 is 0.704 bits per heavy atom. The maximum absolute atomic E-state index is 13.5. The summed E-state index contributed by atoms with van der Waals surface area (Å²) in [6.45, 7) is 2.28. The van der Waals surface area contributed by atoms with Gasteiger partial charge in [-0.1, -0.05) is 64.7 Å². The van der Waals surface area contributed by atoms with Gasteiger partial charge in [0, 0.05) is 0 Å². The van der Waals surface area contributed by atoms with Crippen molar-refractivity contribution < 1.29 is 13.2 Å². The summed E-state index contributed by atoms with van der Waals surface area (Å²) in [5.74, 6) is -0.622. The van der Waals surface area contributed by atoms with E-state index >= 15 is 0 Å². The average molecular weight is 381 g/mol. The Balaban J connectivity index is 1.38. The van der Waals surface area contributed by atoms with Crippen LogP contribution in [0.3, 0.4) is 0 Å². The molecule has 152 valence electrons. The fourth-order valence-corrected chi connectivity index (χ4v) is 5.37. The first kappa shape index (κ1) is 20.7. The highest BCUT2D eigenvalue weighted by molar-refractivity contribution is 5.23. The van der Waals surface area contributed by atoms with E-state index in [1.807, 2.05) is 0 Å². The van der Waals surface area contributed by atoms with Gasteiger partial charge in [0.2, 0.25) is 0 Å². The predicted octanol–water partition coefficient (Wildman–Crippen LogP) is 8.15. The Morgan fingerprint density at radius 3 is 1.63 bits per heavy atom. The largest absolute Gasteiger partial charge is 0.204 e. The molecule has 2 fully saturated rings. The van der Waals surface area contributed by atoms with Gasteiger partial charge in [0.15, 0.2) is 17.5 Å². The zero-order chi connectivity index (χ0) is 19.2. The van der Waals surface area contributed by atoms with Crippen LogP contribution < -0.4 is 0 Å². The van der Waals surface area contributed by atoms with E-state index in [9.17, 15) is 13.2 Å². The van der Waals surface area contributed by atoms with Crippen molar-refractivity contribution in [3.63, 3.8) is 0 Å². The molecule has 0 amide bonds. The Labute approximate surface area is 162 Å². The molecule has 1 aromatic rings. The molecule has 2 saturated carbocycles. The molecule has 1 aromatic carbocycles. The summed E-state index contributed by atoms with van der Waals surface area (Å²) in [4.78, 5) is 0. The first-order valence-corrected chi connectivity index (χ1v) is 11.2. The van der Waals surface area contributed by atoms with E-state index in [-0.39, 0.29) is 5.92 Å². The van der Waals surface area contributed by atoms with Crippen LogP contribution in [-0.4, -0.2) is 0 Å². The van der Waals surface area contributed by atoms with Gasteiger partial charge in [0.1, 0.15) is 0 Å².